The van der Waals surface area contributed by atoms with E-state index in [1.807, 2.05) is 25.3 Å². The van der Waals surface area contributed by atoms with Crippen molar-refractivity contribution in [2.24, 2.45) is 11.8 Å². The molecule has 39 heavy (non-hydrogen) atoms. The maximum absolute atomic E-state index is 15.4. The molecule has 1 amide bonds. The molecule has 1 aromatic carbocycles. The van der Waals surface area contributed by atoms with Gasteiger partial charge in [-0.15, -0.1) is 0 Å². The number of likely N-dealkylation sites (tertiary alicyclic amines) is 1. The van der Waals surface area contributed by atoms with Gasteiger partial charge in [0, 0.05) is 48.3 Å². The van der Waals surface area contributed by atoms with Gasteiger partial charge < -0.3 is 24.7 Å². The molecule has 0 spiro atoms. The molecule has 3 atom stereocenters. The molecule has 1 unspecified atom stereocenters. The summed E-state index contributed by atoms with van der Waals surface area (Å²) < 4.78 is 29.2. The second-order valence-corrected chi connectivity index (χ2v) is 11.7. The quantitative estimate of drug-likeness (QED) is 0.334. The second kappa shape index (κ2) is 9.15. The van der Waals surface area contributed by atoms with Crippen LogP contribution in [0.4, 0.5) is 15.0 Å². The zero-order valence-electron chi connectivity index (χ0n) is 21.9. The fraction of sp³-hybridized carbons (Fsp3) is 0.370. The third-order valence-corrected chi connectivity index (χ3v) is 7.84. The number of nitrogens with two attached hydrogens (primary N) is 1. The minimum atomic E-state index is -0.580. The lowest BCUT2D eigenvalue weighted by Crippen LogP contribution is -2.37. The molecule has 0 radical (unpaired) electrons. The molecular weight excluding hydrogens is 569 g/mol. The van der Waals surface area contributed by atoms with Gasteiger partial charge in [0.15, 0.2) is 17.4 Å². The van der Waals surface area contributed by atoms with E-state index < -0.39 is 11.4 Å². The molecule has 2 N–H and O–H groups in total. The Morgan fingerprint density at radius 1 is 1.15 bits per heavy atom. The third kappa shape index (κ3) is 4.56. The van der Waals surface area contributed by atoms with Crippen LogP contribution in [0.1, 0.15) is 38.1 Å². The van der Waals surface area contributed by atoms with E-state index in [0.29, 0.717) is 35.5 Å². The minimum absolute atomic E-state index is 0.00180. The largest absolute Gasteiger partial charge is 0.444 e. The number of carbonyl (C=O) groups excluding carboxylic acids is 1. The smallest absolute Gasteiger partial charge is 0.410 e. The predicted octanol–water partition coefficient (Wildman–Crippen LogP) is 5.38. The average molecular weight is 596 g/mol. The summed E-state index contributed by atoms with van der Waals surface area (Å²) >= 11 is 3.74. The molecule has 1 aliphatic carbocycles. The lowest BCUT2D eigenvalue weighted by Gasteiger charge is -2.26. The van der Waals surface area contributed by atoms with Crippen LogP contribution < -0.4 is 10.5 Å². The number of aromatic nitrogens is 5. The Labute approximate surface area is 232 Å². The Morgan fingerprint density at radius 2 is 1.90 bits per heavy atom. The molecule has 2 fully saturated rings. The van der Waals surface area contributed by atoms with Crippen molar-refractivity contribution in [1.29, 1.82) is 0 Å². The summed E-state index contributed by atoms with van der Waals surface area (Å²) in [4.78, 5) is 31.3. The average Bonchev–Trinajstić information content (AvgIpc) is 3.18. The summed E-state index contributed by atoms with van der Waals surface area (Å²) in [5, 5.41) is 0. The number of halogens is 2. The number of hydrogen-bond donors (Lipinski definition) is 1. The number of piperidine rings is 1. The van der Waals surface area contributed by atoms with Gasteiger partial charge in [0.2, 0.25) is 0 Å². The molecule has 0 bridgehead atoms. The van der Waals surface area contributed by atoms with Crippen molar-refractivity contribution in [2.75, 3.05) is 18.8 Å². The first-order valence-corrected chi connectivity index (χ1v) is 13.4. The Kier molecular flexibility index (Phi) is 5.97. The molecule has 202 valence electrons. The highest BCUT2D eigenvalue weighted by atomic mass is 79.9. The lowest BCUT2D eigenvalue weighted by molar-refractivity contribution is 0.0270. The predicted molar refractivity (Wildman–Crippen MR) is 145 cm³/mol. The van der Waals surface area contributed by atoms with Crippen LogP contribution in [0, 0.1) is 24.6 Å². The van der Waals surface area contributed by atoms with Crippen molar-refractivity contribution in [3.05, 3.63) is 58.5 Å². The second-order valence-electron chi connectivity index (χ2n) is 10.9. The SMILES string of the molecule is Cc1ccnc(Oc2ccc(-n3c(C4[C@H]5CN(C(=O)OC(C)(C)C)C[C@@H]45)c(Br)c4ncnc(N)c43)cc2F)n1. The number of hydrogen-bond acceptors (Lipinski definition) is 8. The number of amides is 1. The van der Waals surface area contributed by atoms with Crippen LogP contribution in [0.25, 0.3) is 16.7 Å². The van der Waals surface area contributed by atoms with Crippen LogP contribution >= 0.6 is 15.9 Å². The molecule has 1 saturated heterocycles. The van der Waals surface area contributed by atoms with Crippen molar-refractivity contribution in [2.45, 2.75) is 39.2 Å². The molecule has 4 heterocycles. The molecule has 3 aromatic heterocycles. The topological polar surface area (TPSA) is 121 Å². The van der Waals surface area contributed by atoms with E-state index >= 15 is 4.39 Å². The lowest BCUT2D eigenvalue weighted by atomic mass is 10.1. The zero-order valence-corrected chi connectivity index (χ0v) is 23.4. The molecule has 1 saturated carbocycles. The standard InChI is InChI=1S/C27H27BrFN7O3/c1-13-7-8-31-25(34-13)38-18-6-5-14(9-17(18)29)36-22(20(28)21-23(36)24(30)33-12-32-21)19-15-10-35(11-16(15)19)26(37)39-27(2,3)4/h5-9,12,15-16,19H,10-11H2,1-4H3,(H2,30,32,33)/t15-,16+,19?. The highest BCUT2D eigenvalue weighted by Gasteiger charge is 2.59. The molecule has 1 aliphatic heterocycles. The molecule has 2 aliphatic rings. The number of nitrogen functional groups attached to an aromatic ring is 1. The number of carbonyl (C=O) groups is 1. The fourth-order valence-corrected chi connectivity index (χ4v) is 6.10. The van der Waals surface area contributed by atoms with E-state index in [1.54, 1.807) is 30.2 Å². The number of rotatable bonds is 4. The first-order chi connectivity index (χ1) is 18.5. The van der Waals surface area contributed by atoms with Crippen molar-refractivity contribution < 1.29 is 18.7 Å². The number of benzene rings is 1. The first-order valence-electron chi connectivity index (χ1n) is 12.6. The van der Waals surface area contributed by atoms with E-state index in [9.17, 15) is 4.79 Å². The summed E-state index contributed by atoms with van der Waals surface area (Å²) in [6, 6.07) is 6.47. The van der Waals surface area contributed by atoms with Gasteiger partial charge in [0.1, 0.15) is 23.0 Å². The Bertz CT molecular complexity index is 1610. The number of anilines is 1. The van der Waals surface area contributed by atoms with E-state index in [1.165, 1.54) is 18.5 Å². The molecule has 10 nitrogen and oxygen atoms in total. The van der Waals surface area contributed by atoms with Gasteiger partial charge in [0.05, 0.1) is 4.47 Å². The maximum Gasteiger partial charge on any atom is 0.410 e. The molecule has 4 aromatic rings. The Hall–Kier alpha value is -3.80. The molecular formula is C27H27BrFN7O3. The van der Waals surface area contributed by atoms with Crippen molar-refractivity contribution in [1.82, 2.24) is 29.4 Å². The molecule has 12 heteroatoms. The number of aryl methyl sites for hydroxylation is 1. The van der Waals surface area contributed by atoms with Gasteiger partial charge in [-0.2, -0.15) is 0 Å². The summed E-state index contributed by atoms with van der Waals surface area (Å²) in [6.07, 6.45) is 2.66. The third-order valence-electron chi connectivity index (χ3n) is 7.06. The van der Waals surface area contributed by atoms with Gasteiger partial charge in [-0.3, -0.25) is 0 Å². The monoisotopic (exact) mass is 595 g/mol. The van der Waals surface area contributed by atoms with Crippen LogP contribution in [0.5, 0.6) is 11.8 Å². The Morgan fingerprint density at radius 3 is 2.56 bits per heavy atom. The Balaban J connectivity index is 1.35. The highest BCUT2D eigenvalue weighted by molar-refractivity contribution is 9.10. The normalized spacial score (nSPS) is 20.3. The van der Waals surface area contributed by atoms with Crippen LogP contribution in [0.15, 0.2) is 41.3 Å². The fourth-order valence-electron chi connectivity index (χ4n) is 5.37. The van der Waals surface area contributed by atoms with E-state index in [4.69, 9.17) is 15.2 Å². The summed E-state index contributed by atoms with van der Waals surface area (Å²) in [7, 11) is 0. The van der Waals surface area contributed by atoms with Crippen LogP contribution in [0.3, 0.4) is 0 Å². The van der Waals surface area contributed by atoms with Crippen LogP contribution in [-0.2, 0) is 4.74 Å². The van der Waals surface area contributed by atoms with Gasteiger partial charge in [-0.25, -0.2) is 29.1 Å². The zero-order chi connectivity index (χ0) is 27.6. The highest BCUT2D eigenvalue weighted by Crippen LogP contribution is 2.61. The van der Waals surface area contributed by atoms with Crippen molar-refractivity contribution >= 4 is 38.9 Å². The van der Waals surface area contributed by atoms with Crippen LogP contribution in [0.2, 0.25) is 0 Å². The van der Waals surface area contributed by atoms with E-state index in [2.05, 4.69) is 35.9 Å². The first kappa shape index (κ1) is 25.5. The number of fused-ring (bicyclic) bond motifs is 2. The van der Waals surface area contributed by atoms with Gasteiger partial charge in [-0.1, -0.05) is 0 Å². The number of nitrogens with zero attached hydrogens (tertiary/aromatic N) is 6. The summed E-state index contributed by atoms with van der Waals surface area (Å²) in [5.41, 5.74) is 9.17. The van der Waals surface area contributed by atoms with E-state index in [-0.39, 0.29) is 41.4 Å². The van der Waals surface area contributed by atoms with Crippen molar-refractivity contribution in [3.63, 3.8) is 0 Å². The van der Waals surface area contributed by atoms with Gasteiger partial charge in [-0.05, 0) is 73.7 Å². The van der Waals surface area contributed by atoms with E-state index in [0.717, 1.165) is 10.2 Å². The van der Waals surface area contributed by atoms with Crippen molar-refractivity contribution in [3.8, 4) is 17.4 Å². The van der Waals surface area contributed by atoms with Gasteiger partial charge in [0.25, 0.3) is 0 Å². The minimum Gasteiger partial charge on any atom is -0.444 e. The molecule has 6 rings (SSSR count). The summed E-state index contributed by atoms with van der Waals surface area (Å²) in [6.45, 7) is 8.53. The summed E-state index contributed by atoms with van der Waals surface area (Å²) in [5.74, 6) is 0.285. The maximum atomic E-state index is 15.4. The number of ether oxygens (including phenoxy) is 2. The van der Waals surface area contributed by atoms with Gasteiger partial charge >= 0.3 is 12.1 Å². The van der Waals surface area contributed by atoms with Crippen LogP contribution in [-0.4, -0.2) is 54.2 Å².